The largest absolute Gasteiger partial charge is 0.497 e. The summed E-state index contributed by atoms with van der Waals surface area (Å²) in [7, 11) is 1.64. The molecule has 9 heteroatoms. The van der Waals surface area contributed by atoms with E-state index in [9.17, 15) is 0 Å². The lowest BCUT2D eigenvalue weighted by Gasteiger charge is -2.27. The molecule has 4 rings (SSSR count). The van der Waals surface area contributed by atoms with E-state index in [2.05, 4.69) is 30.5 Å². The van der Waals surface area contributed by atoms with Crippen molar-refractivity contribution in [2.75, 3.05) is 48.9 Å². The summed E-state index contributed by atoms with van der Waals surface area (Å²) in [5.74, 6) is 2.31. The number of hydrogen-bond donors (Lipinski definition) is 2. The first-order valence-electron chi connectivity index (χ1n) is 9.12. The highest BCUT2D eigenvalue weighted by atomic mass is 35.5. The number of morpholine rings is 1. The van der Waals surface area contributed by atoms with Crippen molar-refractivity contribution >= 4 is 41.6 Å². The molecule has 152 valence electrons. The van der Waals surface area contributed by atoms with E-state index in [4.69, 9.17) is 9.47 Å². The molecule has 1 aliphatic heterocycles. The molecule has 0 saturated carbocycles. The Labute approximate surface area is 175 Å². The number of nitrogens with one attached hydrogen (secondary N) is 2. The minimum Gasteiger partial charge on any atom is -0.497 e. The molecule has 2 heterocycles. The van der Waals surface area contributed by atoms with Crippen LogP contribution in [-0.4, -0.2) is 48.4 Å². The van der Waals surface area contributed by atoms with Gasteiger partial charge in [-0.1, -0.05) is 24.3 Å². The van der Waals surface area contributed by atoms with Gasteiger partial charge in [0.2, 0.25) is 17.8 Å². The van der Waals surface area contributed by atoms with Gasteiger partial charge in [0.1, 0.15) is 5.75 Å². The number of hydrogen-bond acceptors (Lipinski definition) is 8. The Morgan fingerprint density at radius 1 is 0.862 bits per heavy atom. The zero-order valence-electron chi connectivity index (χ0n) is 16.0. The molecule has 0 spiro atoms. The third kappa shape index (κ3) is 5.46. The molecule has 2 N–H and O–H groups in total. The van der Waals surface area contributed by atoms with Crippen LogP contribution in [0.4, 0.5) is 29.2 Å². The summed E-state index contributed by atoms with van der Waals surface area (Å²) >= 11 is 0. The highest BCUT2D eigenvalue weighted by molar-refractivity contribution is 5.85. The third-order valence-electron chi connectivity index (χ3n) is 4.27. The summed E-state index contributed by atoms with van der Waals surface area (Å²) in [4.78, 5) is 15.8. The number of benzene rings is 2. The fraction of sp³-hybridized carbons (Fsp3) is 0.250. The van der Waals surface area contributed by atoms with Gasteiger partial charge in [0.05, 0.1) is 20.3 Å². The van der Waals surface area contributed by atoms with Crippen LogP contribution in [0.3, 0.4) is 0 Å². The average molecular weight is 415 g/mol. The minimum absolute atomic E-state index is 0. The number of nitrogens with zero attached hydrogens (tertiary/aromatic N) is 4. The summed E-state index contributed by atoms with van der Waals surface area (Å²) in [5, 5.41) is 6.49. The first kappa shape index (κ1) is 20.6. The summed E-state index contributed by atoms with van der Waals surface area (Å²) in [6.07, 6.45) is 0. The molecule has 1 fully saturated rings. The van der Waals surface area contributed by atoms with Gasteiger partial charge < -0.3 is 25.0 Å². The molecule has 0 bridgehead atoms. The van der Waals surface area contributed by atoms with E-state index in [0.29, 0.717) is 31.1 Å². The Bertz CT molecular complexity index is 922. The first-order chi connectivity index (χ1) is 13.8. The maximum atomic E-state index is 5.44. The first-order valence-corrected chi connectivity index (χ1v) is 9.12. The minimum atomic E-state index is 0. The quantitative estimate of drug-likeness (QED) is 0.632. The zero-order chi connectivity index (χ0) is 19.2. The van der Waals surface area contributed by atoms with Crippen molar-refractivity contribution in [2.24, 2.45) is 0 Å². The van der Waals surface area contributed by atoms with E-state index in [0.717, 1.165) is 30.2 Å². The number of rotatable bonds is 6. The van der Waals surface area contributed by atoms with E-state index < -0.39 is 0 Å². The normalized spacial score (nSPS) is 13.3. The third-order valence-corrected chi connectivity index (χ3v) is 4.27. The van der Waals surface area contributed by atoms with Gasteiger partial charge >= 0.3 is 0 Å². The maximum Gasteiger partial charge on any atom is 0.233 e. The van der Waals surface area contributed by atoms with Crippen LogP contribution in [0.1, 0.15) is 0 Å². The van der Waals surface area contributed by atoms with Crippen LogP contribution in [-0.2, 0) is 4.74 Å². The number of anilines is 5. The highest BCUT2D eigenvalue weighted by Gasteiger charge is 2.17. The van der Waals surface area contributed by atoms with E-state index in [1.807, 2.05) is 54.6 Å². The zero-order valence-corrected chi connectivity index (χ0v) is 16.9. The molecular formula is C20H23ClN6O2. The van der Waals surface area contributed by atoms with Gasteiger partial charge in [-0.2, -0.15) is 15.0 Å². The Morgan fingerprint density at radius 3 is 2.21 bits per heavy atom. The monoisotopic (exact) mass is 414 g/mol. The van der Waals surface area contributed by atoms with Crippen LogP contribution in [0.15, 0.2) is 54.6 Å². The Morgan fingerprint density at radius 2 is 1.52 bits per heavy atom. The number of methoxy groups -OCH3 is 1. The van der Waals surface area contributed by atoms with Gasteiger partial charge in [-0.15, -0.1) is 12.4 Å². The van der Waals surface area contributed by atoms with Gasteiger partial charge in [0, 0.05) is 30.5 Å². The lowest BCUT2D eigenvalue weighted by molar-refractivity contribution is 0.122. The van der Waals surface area contributed by atoms with Crippen LogP contribution in [0.2, 0.25) is 0 Å². The second-order valence-electron chi connectivity index (χ2n) is 6.23. The van der Waals surface area contributed by atoms with Crippen molar-refractivity contribution in [3.05, 3.63) is 54.6 Å². The maximum absolute atomic E-state index is 5.44. The van der Waals surface area contributed by atoms with Crippen LogP contribution in [0.5, 0.6) is 5.75 Å². The van der Waals surface area contributed by atoms with Crippen molar-refractivity contribution in [3.63, 3.8) is 0 Å². The van der Waals surface area contributed by atoms with Crippen LogP contribution < -0.4 is 20.3 Å². The predicted molar refractivity (Wildman–Crippen MR) is 116 cm³/mol. The van der Waals surface area contributed by atoms with E-state index in [1.165, 1.54) is 0 Å². The number of ether oxygens (including phenoxy) is 2. The van der Waals surface area contributed by atoms with Crippen molar-refractivity contribution in [2.45, 2.75) is 0 Å². The van der Waals surface area contributed by atoms with Crippen molar-refractivity contribution in [3.8, 4) is 5.75 Å². The molecule has 1 aliphatic rings. The molecular weight excluding hydrogens is 392 g/mol. The molecule has 0 aliphatic carbocycles. The fourth-order valence-corrected chi connectivity index (χ4v) is 2.86. The lowest BCUT2D eigenvalue weighted by Crippen LogP contribution is -2.37. The predicted octanol–water partition coefficient (Wildman–Crippen LogP) is 3.63. The molecule has 0 radical (unpaired) electrons. The van der Waals surface area contributed by atoms with Crippen molar-refractivity contribution in [1.29, 1.82) is 0 Å². The topological polar surface area (TPSA) is 84.4 Å². The second kappa shape index (κ2) is 9.90. The van der Waals surface area contributed by atoms with Gasteiger partial charge in [-0.05, 0) is 24.3 Å². The molecule has 1 aromatic heterocycles. The Kier molecular flexibility index (Phi) is 7.04. The smallest absolute Gasteiger partial charge is 0.233 e. The molecule has 29 heavy (non-hydrogen) atoms. The average Bonchev–Trinajstić information content (AvgIpc) is 2.75. The molecule has 2 aromatic carbocycles. The molecule has 0 unspecified atom stereocenters. The van der Waals surface area contributed by atoms with E-state index in [1.54, 1.807) is 7.11 Å². The van der Waals surface area contributed by atoms with Gasteiger partial charge in [0.25, 0.3) is 0 Å². The van der Waals surface area contributed by atoms with Crippen LogP contribution >= 0.6 is 12.4 Å². The molecule has 3 aromatic rings. The van der Waals surface area contributed by atoms with E-state index >= 15 is 0 Å². The Balaban J connectivity index is 0.00000240. The highest BCUT2D eigenvalue weighted by Crippen LogP contribution is 2.23. The van der Waals surface area contributed by atoms with Gasteiger partial charge in [-0.3, -0.25) is 0 Å². The van der Waals surface area contributed by atoms with Crippen molar-refractivity contribution < 1.29 is 9.47 Å². The standard InChI is InChI=1S/C20H22N6O2.ClH/c1-27-17-9-5-8-16(14-17)22-19-23-18(21-15-6-3-2-4-7-15)24-20(25-19)26-10-12-28-13-11-26;/h2-9,14H,10-13H2,1H3,(H2,21,22,23,24,25);1H. The van der Waals surface area contributed by atoms with Crippen LogP contribution in [0.25, 0.3) is 0 Å². The van der Waals surface area contributed by atoms with E-state index in [-0.39, 0.29) is 12.4 Å². The summed E-state index contributed by atoms with van der Waals surface area (Å²) in [6, 6.07) is 17.4. The SMILES string of the molecule is COc1cccc(Nc2nc(Nc3ccccc3)nc(N3CCOCC3)n2)c1.Cl. The van der Waals surface area contributed by atoms with Crippen LogP contribution in [0, 0.1) is 0 Å². The van der Waals surface area contributed by atoms with Crippen molar-refractivity contribution in [1.82, 2.24) is 15.0 Å². The van der Waals surface area contributed by atoms with Gasteiger partial charge in [-0.25, -0.2) is 0 Å². The van der Waals surface area contributed by atoms with Gasteiger partial charge in [0.15, 0.2) is 0 Å². The molecule has 0 atom stereocenters. The molecule has 1 saturated heterocycles. The fourth-order valence-electron chi connectivity index (χ4n) is 2.86. The summed E-state index contributed by atoms with van der Waals surface area (Å²) in [5.41, 5.74) is 1.75. The Hall–Kier alpha value is -3.10. The number of para-hydroxylation sites is 1. The number of halogens is 1. The second-order valence-corrected chi connectivity index (χ2v) is 6.23. The lowest BCUT2D eigenvalue weighted by atomic mass is 10.3. The molecule has 0 amide bonds. The number of aromatic nitrogens is 3. The summed E-state index contributed by atoms with van der Waals surface area (Å²) in [6.45, 7) is 2.80. The molecule has 8 nitrogen and oxygen atoms in total. The summed E-state index contributed by atoms with van der Waals surface area (Å²) < 4.78 is 10.7.